The van der Waals surface area contributed by atoms with E-state index in [1.807, 2.05) is 0 Å². The topological polar surface area (TPSA) is 75.4 Å². The number of carbonyl (C=O) groups is 2. The SMILES string of the molecule is C=C1c2ccccc2C(=O)N1C(C(=O)O)c1cnn(C)c1. The van der Waals surface area contributed by atoms with E-state index >= 15 is 0 Å². The Balaban J connectivity index is 2.09. The number of nitrogens with zero attached hydrogens (tertiary/aromatic N) is 3. The fourth-order valence-corrected chi connectivity index (χ4v) is 2.56. The van der Waals surface area contributed by atoms with Gasteiger partial charge in [0.15, 0.2) is 6.04 Å². The Morgan fingerprint density at radius 3 is 2.52 bits per heavy atom. The summed E-state index contributed by atoms with van der Waals surface area (Å²) in [7, 11) is 1.69. The number of hydrogen-bond donors (Lipinski definition) is 1. The number of rotatable bonds is 3. The van der Waals surface area contributed by atoms with Crippen LogP contribution in [0.1, 0.15) is 27.5 Å². The molecule has 1 aromatic carbocycles. The molecule has 1 atom stereocenters. The molecule has 6 heteroatoms. The van der Waals surface area contributed by atoms with Gasteiger partial charge in [0.25, 0.3) is 5.91 Å². The highest BCUT2D eigenvalue weighted by molar-refractivity contribution is 6.10. The summed E-state index contributed by atoms with van der Waals surface area (Å²) in [6.07, 6.45) is 3.03. The number of amides is 1. The summed E-state index contributed by atoms with van der Waals surface area (Å²) in [6.45, 7) is 3.88. The number of aliphatic carboxylic acids is 1. The zero-order valence-electron chi connectivity index (χ0n) is 11.4. The quantitative estimate of drug-likeness (QED) is 0.929. The first-order chi connectivity index (χ1) is 10.0. The maximum Gasteiger partial charge on any atom is 0.331 e. The Bertz CT molecular complexity index is 728. The number of carboxylic acids is 1. The molecule has 0 fully saturated rings. The van der Waals surface area contributed by atoms with E-state index in [0.29, 0.717) is 22.4 Å². The second-order valence-corrected chi connectivity index (χ2v) is 4.86. The predicted octanol–water partition coefficient (Wildman–Crippen LogP) is 1.67. The summed E-state index contributed by atoms with van der Waals surface area (Å²) in [6, 6.07) is 5.84. The molecular formula is C15H13N3O3. The van der Waals surface area contributed by atoms with E-state index in [2.05, 4.69) is 11.7 Å². The zero-order chi connectivity index (χ0) is 15.1. The van der Waals surface area contributed by atoms with Crippen LogP contribution in [0.2, 0.25) is 0 Å². The molecule has 2 heterocycles. The summed E-state index contributed by atoms with van der Waals surface area (Å²) in [5.74, 6) is -1.47. The van der Waals surface area contributed by atoms with Crippen LogP contribution in [-0.2, 0) is 11.8 Å². The molecule has 1 unspecified atom stereocenters. The van der Waals surface area contributed by atoms with Gasteiger partial charge in [-0.05, 0) is 6.07 Å². The summed E-state index contributed by atoms with van der Waals surface area (Å²) in [5.41, 5.74) is 1.97. The van der Waals surface area contributed by atoms with Crippen molar-refractivity contribution in [3.63, 3.8) is 0 Å². The minimum absolute atomic E-state index is 0.355. The molecule has 1 aliphatic heterocycles. The van der Waals surface area contributed by atoms with Gasteiger partial charge in [-0.15, -0.1) is 0 Å². The molecule has 1 N–H and O–H groups in total. The van der Waals surface area contributed by atoms with E-state index < -0.39 is 12.0 Å². The first-order valence-electron chi connectivity index (χ1n) is 6.34. The van der Waals surface area contributed by atoms with Crippen molar-refractivity contribution in [2.24, 2.45) is 7.05 Å². The molecule has 1 aliphatic rings. The smallest absolute Gasteiger partial charge is 0.331 e. The third kappa shape index (κ3) is 1.92. The van der Waals surface area contributed by atoms with Gasteiger partial charge in [0.2, 0.25) is 0 Å². The number of carbonyl (C=O) groups excluding carboxylic acids is 1. The van der Waals surface area contributed by atoms with Gasteiger partial charge in [0, 0.05) is 35.6 Å². The van der Waals surface area contributed by atoms with Crippen LogP contribution < -0.4 is 0 Å². The van der Waals surface area contributed by atoms with Crippen LogP contribution in [0.5, 0.6) is 0 Å². The van der Waals surface area contributed by atoms with Crippen molar-refractivity contribution in [2.75, 3.05) is 0 Å². The predicted molar refractivity (Wildman–Crippen MR) is 75.2 cm³/mol. The average molecular weight is 283 g/mol. The average Bonchev–Trinajstić information content (AvgIpc) is 2.97. The maximum atomic E-state index is 12.5. The summed E-state index contributed by atoms with van der Waals surface area (Å²) in [5, 5.41) is 13.5. The fraction of sp³-hybridized carbons (Fsp3) is 0.133. The van der Waals surface area contributed by atoms with Crippen molar-refractivity contribution in [1.29, 1.82) is 0 Å². The van der Waals surface area contributed by atoms with E-state index in [0.717, 1.165) is 0 Å². The molecule has 1 aromatic heterocycles. The maximum absolute atomic E-state index is 12.5. The van der Waals surface area contributed by atoms with Gasteiger partial charge >= 0.3 is 5.97 Å². The Labute approximate surface area is 120 Å². The molecule has 0 saturated heterocycles. The highest BCUT2D eigenvalue weighted by Crippen LogP contribution is 2.38. The third-order valence-electron chi connectivity index (χ3n) is 3.51. The van der Waals surface area contributed by atoms with Crippen molar-refractivity contribution in [2.45, 2.75) is 6.04 Å². The molecule has 1 amide bonds. The largest absolute Gasteiger partial charge is 0.479 e. The van der Waals surface area contributed by atoms with E-state index in [9.17, 15) is 14.7 Å². The summed E-state index contributed by atoms with van der Waals surface area (Å²) < 4.78 is 1.50. The van der Waals surface area contributed by atoms with E-state index in [-0.39, 0.29) is 5.91 Å². The second kappa shape index (κ2) is 4.59. The lowest BCUT2D eigenvalue weighted by atomic mass is 10.1. The first-order valence-corrected chi connectivity index (χ1v) is 6.34. The van der Waals surface area contributed by atoms with Gasteiger partial charge in [0.05, 0.1) is 6.20 Å². The van der Waals surface area contributed by atoms with Gasteiger partial charge in [-0.3, -0.25) is 14.4 Å². The van der Waals surface area contributed by atoms with E-state index in [4.69, 9.17) is 0 Å². The van der Waals surface area contributed by atoms with Gasteiger partial charge in [-0.1, -0.05) is 24.8 Å². The molecule has 0 radical (unpaired) electrons. The lowest BCUT2D eigenvalue weighted by molar-refractivity contribution is -0.141. The van der Waals surface area contributed by atoms with Crippen molar-refractivity contribution in [3.8, 4) is 0 Å². The highest BCUT2D eigenvalue weighted by Gasteiger charge is 2.40. The Kier molecular flexibility index (Phi) is 2.86. The standard InChI is InChI=1S/C15H13N3O3/c1-9-11-5-3-4-6-12(11)14(19)18(9)13(15(20)21)10-7-16-17(2)8-10/h3-8,13H,1H2,2H3,(H,20,21). The number of fused-ring (bicyclic) bond motifs is 1. The molecule has 0 bridgehead atoms. The first kappa shape index (κ1) is 13.1. The van der Waals surface area contributed by atoms with Gasteiger partial charge in [0.1, 0.15) is 0 Å². The molecule has 2 aromatic rings. The van der Waals surface area contributed by atoms with Crippen molar-refractivity contribution in [3.05, 3.63) is 59.9 Å². The van der Waals surface area contributed by atoms with Crippen molar-refractivity contribution < 1.29 is 14.7 Å². The molecule has 21 heavy (non-hydrogen) atoms. The second-order valence-electron chi connectivity index (χ2n) is 4.86. The number of aromatic nitrogens is 2. The number of carboxylic acid groups (broad SMARTS) is 1. The van der Waals surface area contributed by atoms with Crippen LogP contribution in [0.25, 0.3) is 5.70 Å². The van der Waals surface area contributed by atoms with E-state index in [1.54, 1.807) is 37.5 Å². The fourth-order valence-electron chi connectivity index (χ4n) is 2.56. The normalized spacial score (nSPS) is 15.2. The minimum atomic E-state index is -1.13. The van der Waals surface area contributed by atoms with E-state index in [1.165, 1.54) is 15.8 Å². The minimum Gasteiger partial charge on any atom is -0.479 e. The molecule has 0 saturated carbocycles. The number of aryl methyl sites for hydroxylation is 1. The molecule has 0 spiro atoms. The molecule has 0 aliphatic carbocycles. The lowest BCUT2D eigenvalue weighted by Gasteiger charge is -2.24. The molecule has 3 rings (SSSR count). The van der Waals surface area contributed by atoms with Crippen LogP contribution in [0, 0.1) is 0 Å². The number of hydrogen-bond acceptors (Lipinski definition) is 3. The third-order valence-corrected chi connectivity index (χ3v) is 3.51. The van der Waals surface area contributed by atoms with Crippen molar-refractivity contribution in [1.82, 2.24) is 14.7 Å². The van der Waals surface area contributed by atoms with Gasteiger partial charge in [-0.2, -0.15) is 5.10 Å². The molecule has 6 nitrogen and oxygen atoms in total. The van der Waals surface area contributed by atoms with Gasteiger partial charge < -0.3 is 5.11 Å². The monoisotopic (exact) mass is 283 g/mol. The molecular weight excluding hydrogens is 270 g/mol. The van der Waals surface area contributed by atoms with Crippen LogP contribution in [-0.4, -0.2) is 31.7 Å². The van der Waals surface area contributed by atoms with Crippen LogP contribution >= 0.6 is 0 Å². The Morgan fingerprint density at radius 2 is 2.00 bits per heavy atom. The van der Waals surface area contributed by atoms with Crippen molar-refractivity contribution >= 4 is 17.6 Å². The Hall–Kier alpha value is -2.89. The van der Waals surface area contributed by atoms with Crippen LogP contribution in [0.3, 0.4) is 0 Å². The highest BCUT2D eigenvalue weighted by atomic mass is 16.4. The zero-order valence-corrected chi connectivity index (χ0v) is 11.4. The summed E-state index contributed by atoms with van der Waals surface area (Å²) >= 11 is 0. The lowest BCUT2D eigenvalue weighted by Crippen LogP contribution is -2.33. The molecule has 106 valence electrons. The Morgan fingerprint density at radius 1 is 1.33 bits per heavy atom. The summed E-state index contributed by atoms with van der Waals surface area (Å²) in [4.78, 5) is 25.4. The number of benzene rings is 1. The van der Waals surface area contributed by atoms with Gasteiger partial charge in [-0.25, -0.2) is 4.79 Å². The van der Waals surface area contributed by atoms with Crippen LogP contribution in [0.15, 0.2) is 43.2 Å². The van der Waals surface area contributed by atoms with Crippen LogP contribution in [0.4, 0.5) is 0 Å².